The molecule has 20 heavy (non-hydrogen) atoms. The van der Waals surface area contributed by atoms with Crippen LogP contribution in [-0.2, 0) is 11.2 Å². The van der Waals surface area contributed by atoms with Gasteiger partial charge in [-0.25, -0.2) is 9.31 Å². The van der Waals surface area contributed by atoms with Crippen LogP contribution in [0.25, 0.3) is 5.52 Å². The molecule has 2 aromatic heterocycles. The lowest BCUT2D eigenvalue weighted by molar-refractivity contribution is 0.0528. The quantitative estimate of drug-likeness (QED) is 0.850. The maximum absolute atomic E-state index is 11.8. The lowest BCUT2D eigenvalue weighted by Gasteiger charge is -2.16. The van der Waals surface area contributed by atoms with E-state index in [4.69, 9.17) is 4.74 Å². The van der Waals surface area contributed by atoms with Gasteiger partial charge in [-0.3, -0.25) is 0 Å². The molecule has 0 atom stereocenters. The van der Waals surface area contributed by atoms with Crippen LogP contribution >= 0.6 is 0 Å². The summed E-state index contributed by atoms with van der Waals surface area (Å²) in [6.45, 7) is 5.69. The Morgan fingerprint density at radius 1 is 1.50 bits per heavy atom. The number of ether oxygens (including phenoxy) is 1. The largest absolute Gasteiger partial charge is 0.462 e. The van der Waals surface area contributed by atoms with Crippen molar-refractivity contribution in [3.05, 3.63) is 35.7 Å². The second kappa shape index (κ2) is 5.63. The highest BCUT2D eigenvalue weighted by Crippen LogP contribution is 2.17. The van der Waals surface area contributed by atoms with Crippen molar-refractivity contribution in [3.8, 4) is 0 Å². The molecule has 5 nitrogen and oxygen atoms in total. The zero-order valence-corrected chi connectivity index (χ0v) is 12.1. The first kappa shape index (κ1) is 14.5. The van der Waals surface area contributed by atoms with Gasteiger partial charge < -0.3 is 9.84 Å². The first-order valence-electron chi connectivity index (χ1n) is 6.76. The number of carbonyl (C=O) groups is 1. The molecule has 5 heteroatoms. The molecular weight excluding hydrogens is 256 g/mol. The molecule has 2 rings (SSSR count). The monoisotopic (exact) mass is 276 g/mol. The van der Waals surface area contributed by atoms with Crippen LogP contribution < -0.4 is 0 Å². The Balaban J connectivity index is 2.27. The lowest BCUT2D eigenvalue weighted by atomic mass is 9.99. The summed E-state index contributed by atoms with van der Waals surface area (Å²) >= 11 is 0. The average molecular weight is 276 g/mol. The third-order valence-corrected chi connectivity index (χ3v) is 3.11. The number of aryl methyl sites for hydroxylation is 1. The third kappa shape index (κ3) is 3.36. The smallest absolute Gasteiger partial charge is 0.341 e. The molecule has 0 aromatic carbocycles. The molecule has 0 saturated heterocycles. The summed E-state index contributed by atoms with van der Waals surface area (Å²) in [5, 5.41) is 13.9. The van der Waals surface area contributed by atoms with Gasteiger partial charge in [0.15, 0.2) is 0 Å². The minimum Gasteiger partial charge on any atom is -0.462 e. The number of pyridine rings is 1. The van der Waals surface area contributed by atoms with E-state index >= 15 is 0 Å². The van der Waals surface area contributed by atoms with Crippen LogP contribution in [0.4, 0.5) is 0 Å². The van der Waals surface area contributed by atoms with E-state index in [0.717, 1.165) is 17.5 Å². The van der Waals surface area contributed by atoms with Crippen LogP contribution in [-0.4, -0.2) is 32.9 Å². The van der Waals surface area contributed by atoms with Gasteiger partial charge in [-0.15, -0.1) is 0 Å². The number of aromatic nitrogens is 2. The molecule has 0 fully saturated rings. The topological polar surface area (TPSA) is 63.8 Å². The van der Waals surface area contributed by atoms with E-state index in [-0.39, 0.29) is 5.97 Å². The van der Waals surface area contributed by atoms with Gasteiger partial charge in [-0.1, -0.05) is 0 Å². The molecule has 1 N–H and O–H groups in total. The summed E-state index contributed by atoms with van der Waals surface area (Å²) < 4.78 is 6.67. The Labute approximate surface area is 118 Å². The van der Waals surface area contributed by atoms with Crippen LogP contribution in [0, 0.1) is 0 Å². The van der Waals surface area contributed by atoms with Gasteiger partial charge in [-0.2, -0.15) is 5.10 Å². The summed E-state index contributed by atoms with van der Waals surface area (Å²) in [5.74, 6) is -0.359. The molecule has 0 aliphatic carbocycles. The Hall–Kier alpha value is -1.88. The highest BCUT2D eigenvalue weighted by Gasteiger charge is 2.15. The van der Waals surface area contributed by atoms with Crippen molar-refractivity contribution in [2.24, 2.45) is 0 Å². The summed E-state index contributed by atoms with van der Waals surface area (Å²) in [7, 11) is 0. The fraction of sp³-hybridized carbons (Fsp3) is 0.467. The van der Waals surface area contributed by atoms with Crippen molar-refractivity contribution < 1.29 is 14.6 Å². The van der Waals surface area contributed by atoms with Crippen molar-refractivity contribution in [3.63, 3.8) is 0 Å². The van der Waals surface area contributed by atoms with Crippen molar-refractivity contribution in [2.75, 3.05) is 6.61 Å². The van der Waals surface area contributed by atoms with Crippen molar-refractivity contribution >= 4 is 11.5 Å². The molecule has 0 amide bonds. The van der Waals surface area contributed by atoms with Crippen molar-refractivity contribution in [2.45, 2.75) is 39.2 Å². The number of fused-ring (bicyclic) bond motifs is 1. The number of aliphatic hydroxyl groups is 1. The van der Waals surface area contributed by atoms with Crippen molar-refractivity contribution in [1.82, 2.24) is 9.61 Å². The summed E-state index contributed by atoms with van der Waals surface area (Å²) in [5.41, 5.74) is 1.57. The van der Waals surface area contributed by atoms with Crippen LogP contribution in [0.15, 0.2) is 24.5 Å². The zero-order chi connectivity index (χ0) is 14.8. The molecule has 0 aliphatic heterocycles. The number of carbonyl (C=O) groups excluding carboxylic acids is 1. The molecule has 108 valence electrons. The first-order chi connectivity index (χ1) is 9.40. The molecular formula is C15H20N2O3. The Kier molecular flexibility index (Phi) is 4.09. The lowest BCUT2D eigenvalue weighted by Crippen LogP contribution is -2.19. The fourth-order valence-electron chi connectivity index (χ4n) is 2.00. The number of nitrogens with zero attached hydrogens (tertiary/aromatic N) is 2. The average Bonchev–Trinajstić information content (AvgIpc) is 2.78. The minimum absolute atomic E-state index is 0.342. The van der Waals surface area contributed by atoms with Crippen LogP contribution in [0.5, 0.6) is 0 Å². The van der Waals surface area contributed by atoms with E-state index in [1.165, 1.54) is 6.20 Å². The first-order valence-corrected chi connectivity index (χ1v) is 6.76. The van der Waals surface area contributed by atoms with Crippen LogP contribution in [0.3, 0.4) is 0 Å². The second-order valence-corrected chi connectivity index (χ2v) is 5.46. The van der Waals surface area contributed by atoms with Gasteiger partial charge in [-0.05, 0) is 51.3 Å². The number of hydrogen-bond donors (Lipinski definition) is 1. The Bertz CT molecular complexity index is 611. The van der Waals surface area contributed by atoms with E-state index in [1.54, 1.807) is 25.3 Å². The molecule has 0 bridgehead atoms. The van der Waals surface area contributed by atoms with Gasteiger partial charge in [0.05, 0.1) is 23.9 Å². The molecule has 0 unspecified atom stereocenters. The maximum atomic E-state index is 11.8. The van der Waals surface area contributed by atoms with E-state index in [1.807, 2.05) is 18.3 Å². The standard InChI is InChI=1S/C15H20N2O3/c1-4-20-14(18)12-10-16-17-8-6-11(9-13(12)17)5-7-15(2,3)19/h6,8-10,19H,4-5,7H2,1-3H3. The molecule has 0 spiro atoms. The van der Waals surface area contributed by atoms with Gasteiger partial charge in [0, 0.05) is 6.20 Å². The van der Waals surface area contributed by atoms with Crippen molar-refractivity contribution in [1.29, 1.82) is 0 Å². The summed E-state index contributed by atoms with van der Waals surface area (Å²) in [4.78, 5) is 11.8. The normalized spacial score (nSPS) is 11.8. The minimum atomic E-state index is -0.698. The predicted molar refractivity (Wildman–Crippen MR) is 75.8 cm³/mol. The third-order valence-electron chi connectivity index (χ3n) is 3.11. The maximum Gasteiger partial charge on any atom is 0.341 e. The van der Waals surface area contributed by atoms with E-state index in [0.29, 0.717) is 18.6 Å². The van der Waals surface area contributed by atoms with Gasteiger partial charge in [0.1, 0.15) is 5.56 Å². The second-order valence-electron chi connectivity index (χ2n) is 5.46. The highest BCUT2D eigenvalue weighted by atomic mass is 16.5. The fourth-order valence-corrected chi connectivity index (χ4v) is 2.00. The summed E-state index contributed by atoms with van der Waals surface area (Å²) in [6.07, 6.45) is 4.74. The Morgan fingerprint density at radius 2 is 2.25 bits per heavy atom. The van der Waals surface area contributed by atoms with E-state index < -0.39 is 5.60 Å². The predicted octanol–water partition coefficient (Wildman–Crippen LogP) is 2.21. The Morgan fingerprint density at radius 3 is 2.90 bits per heavy atom. The summed E-state index contributed by atoms with van der Waals surface area (Å²) in [6, 6.07) is 3.87. The SMILES string of the molecule is CCOC(=O)c1cnn2ccc(CCC(C)(C)O)cc12. The molecule has 0 aliphatic rings. The molecule has 2 aromatic rings. The van der Waals surface area contributed by atoms with E-state index in [9.17, 15) is 9.90 Å². The number of esters is 1. The van der Waals surface area contributed by atoms with Crippen LogP contribution in [0.1, 0.15) is 43.1 Å². The molecule has 2 heterocycles. The van der Waals surface area contributed by atoms with Gasteiger partial charge in [0.2, 0.25) is 0 Å². The number of rotatable bonds is 5. The molecule has 0 saturated carbocycles. The zero-order valence-electron chi connectivity index (χ0n) is 12.1. The van der Waals surface area contributed by atoms with Crippen LogP contribution in [0.2, 0.25) is 0 Å². The molecule has 0 radical (unpaired) electrons. The number of hydrogen-bond acceptors (Lipinski definition) is 4. The van der Waals surface area contributed by atoms with E-state index in [2.05, 4.69) is 5.10 Å². The highest BCUT2D eigenvalue weighted by molar-refractivity contribution is 5.96. The van der Waals surface area contributed by atoms with Gasteiger partial charge >= 0.3 is 5.97 Å². The van der Waals surface area contributed by atoms with Gasteiger partial charge in [0.25, 0.3) is 0 Å².